The molecule has 2 unspecified atom stereocenters. The van der Waals surface area contributed by atoms with Gasteiger partial charge in [0.2, 0.25) is 0 Å². The lowest BCUT2D eigenvalue weighted by Crippen LogP contribution is -2.57. The number of nitrogens with one attached hydrogen (secondary N) is 2. The highest BCUT2D eigenvalue weighted by molar-refractivity contribution is 6.31. The van der Waals surface area contributed by atoms with Crippen LogP contribution in [0.15, 0.2) is 35.5 Å². The Labute approximate surface area is 199 Å². The van der Waals surface area contributed by atoms with Crippen LogP contribution in [0.3, 0.4) is 0 Å². The Bertz CT molecular complexity index is 937. The minimum atomic E-state index is -0.717. The molecule has 0 bridgehead atoms. The van der Waals surface area contributed by atoms with E-state index in [1.807, 2.05) is 24.8 Å². The number of esters is 1. The van der Waals surface area contributed by atoms with Crippen molar-refractivity contribution in [2.75, 3.05) is 46.4 Å². The zero-order chi connectivity index (χ0) is 24.1. The molecule has 2 heterocycles. The quantitative estimate of drug-likeness (QED) is 0.614. The van der Waals surface area contributed by atoms with Gasteiger partial charge in [0.15, 0.2) is 0 Å². The van der Waals surface area contributed by atoms with Crippen LogP contribution in [0.2, 0.25) is 5.02 Å². The fraction of sp³-hybridized carbons (Fsp3) is 0.522. The molecule has 2 aliphatic rings. The molecule has 0 aliphatic carbocycles. The van der Waals surface area contributed by atoms with E-state index in [9.17, 15) is 14.4 Å². The van der Waals surface area contributed by atoms with E-state index in [1.54, 1.807) is 32.2 Å². The van der Waals surface area contributed by atoms with E-state index >= 15 is 0 Å². The maximum Gasteiger partial charge on any atom is 0.338 e. The van der Waals surface area contributed by atoms with Crippen LogP contribution in [0.25, 0.3) is 0 Å². The number of amides is 4. The van der Waals surface area contributed by atoms with Crippen LogP contribution < -0.4 is 10.6 Å². The first kappa shape index (κ1) is 24.9. The molecule has 0 saturated carbocycles. The Balaban J connectivity index is 1.94. The molecule has 1 saturated heterocycles. The molecule has 0 spiro atoms. The molecule has 1 aromatic carbocycles. The Morgan fingerprint density at radius 2 is 1.97 bits per heavy atom. The molecule has 3 rings (SSSR count). The van der Waals surface area contributed by atoms with Crippen molar-refractivity contribution in [2.45, 2.75) is 32.9 Å². The van der Waals surface area contributed by atoms with Crippen molar-refractivity contribution in [1.82, 2.24) is 25.3 Å². The maximum atomic E-state index is 13.1. The third-order valence-electron chi connectivity index (χ3n) is 5.96. The predicted octanol–water partition coefficient (Wildman–Crippen LogP) is 2.59. The first-order valence-corrected chi connectivity index (χ1v) is 11.6. The van der Waals surface area contributed by atoms with Crippen molar-refractivity contribution in [3.8, 4) is 0 Å². The number of carbonyl (C=O) groups is 3. The van der Waals surface area contributed by atoms with Gasteiger partial charge in [-0.25, -0.2) is 14.4 Å². The van der Waals surface area contributed by atoms with E-state index in [-0.39, 0.29) is 24.7 Å². The maximum absolute atomic E-state index is 13.1. The van der Waals surface area contributed by atoms with Gasteiger partial charge in [-0.05, 0) is 32.4 Å². The summed E-state index contributed by atoms with van der Waals surface area (Å²) in [7, 11) is 1.64. The van der Waals surface area contributed by atoms with Gasteiger partial charge in [-0.3, -0.25) is 9.80 Å². The number of nitrogens with zero attached hydrogens (tertiary/aromatic N) is 3. The molecule has 0 aromatic heterocycles. The van der Waals surface area contributed by atoms with Gasteiger partial charge in [0.25, 0.3) is 0 Å². The number of hydrogen-bond acceptors (Lipinski definition) is 5. The van der Waals surface area contributed by atoms with Gasteiger partial charge in [-0.2, -0.15) is 0 Å². The van der Waals surface area contributed by atoms with Crippen LogP contribution in [-0.4, -0.2) is 85.2 Å². The standard InChI is InChI=1S/C23H32ClN5O4/c1-5-25-22(31)29-12-11-28(13-15(29)3)14-18-19(21(30)33-6-2)20(26-23(32)27(18)4)16-9-7-8-10-17(16)24/h7-10,15,20H,5-6,11-14H2,1-4H3,(H,25,31)(H,26,32). The smallest absolute Gasteiger partial charge is 0.338 e. The van der Waals surface area contributed by atoms with Gasteiger partial charge in [-0.1, -0.05) is 29.8 Å². The lowest BCUT2D eigenvalue weighted by Gasteiger charge is -2.42. The Morgan fingerprint density at radius 1 is 1.24 bits per heavy atom. The van der Waals surface area contributed by atoms with Crippen molar-refractivity contribution in [2.24, 2.45) is 0 Å². The van der Waals surface area contributed by atoms with Gasteiger partial charge in [0.1, 0.15) is 0 Å². The Hall–Kier alpha value is -2.78. The number of ether oxygens (including phenoxy) is 1. The van der Waals surface area contributed by atoms with Crippen LogP contribution in [0.4, 0.5) is 9.59 Å². The number of piperazine rings is 1. The zero-order valence-electron chi connectivity index (χ0n) is 19.6. The molecule has 2 aliphatic heterocycles. The fourth-order valence-corrected chi connectivity index (χ4v) is 4.53. The highest BCUT2D eigenvalue weighted by atomic mass is 35.5. The average Bonchev–Trinajstić information content (AvgIpc) is 2.77. The van der Waals surface area contributed by atoms with Gasteiger partial charge in [0.05, 0.1) is 18.2 Å². The number of hydrogen-bond donors (Lipinski definition) is 2. The molecular weight excluding hydrogens is 446 g/mol. The molecule has 180 valence electrons. The van der Waals surface area contributed by atoms with Crippen LogP contribution in [-0.2, 0) is 9.53 Å². The van der Waals surface area contributed by atoms with Crippen molar-refractivity contribution in [3.63, 3.8) is 0 Å². The Kier molecular flexibility index (Phi) is 8.20. The molecule has 9 nitrogen and oxygen atoms in total. The van der Waals surface area contributed by atoms with Gasteiger partial charge < -0.3 is 20.3 Å². The average molecular weight is 478 g/mol. The molecule has 1 fully saturated rings. The first-order chi connectivity index (χ1) is 15.8. The summed E-state index contributed by atoms with van der Waals surface area (Å²) in [4.78, 5) is 43.7. The van der Waals surface area contributed by atoms with E-state index in [0.717, 1.165) is 0 Å². The van der Waals surface area contributed by atoms with Crippen LogP contribution in [0, 0.1) is 0 Å². The zero-order valence-corrected chi connectivity index (χ0v) is 20.3. The monoisotopic (exact) mass is 477 g/mol. The fourth-order valence-electron chi connectivity index (χ4n) is 4.28. The number of rotatable bonds is 6. The third kappa shape index (κ3) is 5.42. The van der Waals surface area contributed by atoms with Crippen molar-refractivity contribution in [3.05, 3.63) is 46.1 Å². The summed E-state index contributed by atoms with van der Waals surface area (Å²) in [5.74, 6) is -0.488. The van der Waals surface area contributed by atoms with Crippen molar-refractivity contribution < 1.29 is 19.1 Å². The SMILES string of the molecule is CCNC(=O)N1CCN(CC2=C(C(=O)OCC)C(c3ccccc3Cl)NC(=O)N2C)CC1C. The summed E-state index contributed by atoms with van der Waals surface area (Å²) < 4.78 is 5.37. The topological polar surface area (TPSA) is 94.2 Å². The summed E-state index contributed by atoms with van der Waals surface area (Å²) in [6.07, 6.45) is 0. The van der Waals surface area contributed by atoms with Crippen LogP contribution >= 0.6 is 11.6 Å². The van der Waals surface area contributed by atoms with Gasteiger partial charge >= 0.3 is 18.0 Å². The summed E-state index contributed by atoms with van der Waals surface area (Å²) in [5, 5.41) is 6.19. The minimum Gasteiger partial charge on any atom is -0.463 e. The van der Waals surface area contributed by atoms with Crippen molar-refractivity contribution >= 4 is 29.6 Å². The summed E-state index contributed by atoms with van der Waals surface area (Å²) in [6, 6.07) is 6.00. The number of urea groups is 2. The van der Waals surface area contributed by atoms with E-state index < -0.39 is 12.0 Å². The molecule has 2 atom stereocenters. The summed E-state index contributed by atoms with van der Waals surface area (Å²) in [5.41, 5.74) is 1.57. The second kappa shape index (κ2) is 10.9. The highest BCUT2D eigenvalue weighted by Crippen LogP contribution is 2.34. The summed E-state index contributed by atoms with van der Waals surface area (Å²) >= 11 is 6.43. The molecule has 10 heteroatoms. The molecule has 1 aromatic rings. The van der Waals surface area contributed by atoms with E-state index in [2.05, 4.69) is 15.5 Å². The highest BCUT2D eigenvalue weighted by Gasteiger charge is 2.39. The lowest BCUT2D eigenvalue weighted by molar-refractivity contribution is -0.139. The molecular formula is C23H32ClN5O4. The van der Waals surface area contributed by atoms with E-state index in [1.165, 1.54) is 4.90 Å². The second-order valence-electron chi connectivity index (χ2n) is 8.16. The minimum absolute atomic E-state index is 0.0148. The first-order valence-electron chi connectivity index (χ1n) is 11.2. The lowest BCUT2D eigenvalue weighted by atomic mass is 9.94. The largest absolute Gasteiger partial charge is 0.463 e. The number of halogens is 1. The number of carbonyl (C=O) groups excluding carboxylic acids is 3. The Morgan fingerprint density at radius 3 is 2.61 bits per heavy atom. The normalized spacial score (nSPS) is 21.7. The van der Waals surface area contributed by atoms with E-state index in [4.69, 9.17) is 16.3 Å². The number of benzene rings is 1. The van der Waals surface area contributed by atoms with Gasteiger partial charge in [-0.15, -0.1) is 0 Å². The predicted molar refractivity (Wildman–Crippen MR) is 126 cm³/mol. The second-order valence-corrected chi connectivity index (χ2v) is 8.56. The van der Waals surface area contributed by atoms with Gasteiger partial charge in [0, 0.05) is 56.5 Å². The molecule has 2 N–H and O–H groups in total. The van der Waals surface area contributed by atoms with Crippen LogP contribution in [0.5, 0.6) is 0 Å². The van der Waals surface area contributed by atoms with Crippen molar-refractivity contribution in [1.29, 1.82) is 0 Å². The molecule has 0 radical (unpaired) electrons. The molecule has 33 heavy (non-hydrogen) atoms. The van der Waals surface area contributed by atoms with E-state index in [0.29, 0.717) is 54.6 Å². The van der Waals surface area contributed by atoms with Crippen LogP contribution in [0.1, 0.15) is 32.4 Å². The molecule has 4 amide bonds. The summed E-state index contributed by atoms with van der Waals surface area (Å²) in [6.45, 7) is 8.57. The third-order valence-corrected chi connectivity index (χ3v) is 6.31. The number of likely N-dealkylation sites (N-methyl/N-ethyl adjacent to an activating group) is 1.